The highest BCUT2D eigenvalue weighted by Gasteiger charge is 2.45. The van der Waals surface area contributed by atoms with Crippen LogP contribution >= 0.6 is 11.6 Å². The number of hydrogen-bond acceptors (Lipinski definition) is 6. The van der Waals surface area contributed by atoms with E-state index >= 15 is 0 Å². The van der Waals surface area contributed by atoms with Crippen LogP contribution in [0, 0.1) is 11.3 Å². The van der Waals surface area contributed by atoms with Gasteiger partial charge in [-0.25, -0.2) is 10.4 Å². The van der Waals surface area contributed by atoms with Crippen molar-refractivity contribution in [3.8, 4) is 0 Å². The fourth-order valence-corrected chi connectivity index (χ4v) is 4.63. The van der Waals surface area contributed by atoms with E-state index in [1.54, 1.807) is 30.3 Å². The molecule has 1 heterocycles. The second-order valence-corrected chi connectivity index (χ2v) is 9.29. The Labute approximate surface area is 203 Å². The van der Waals surface area contributed by atoms with E-state index in [0.717, 1.165) is 12.1 Å². The lowest BCUT2D eigenvalue weighted by Gasteiger charge is -2.26. The molecule has 2 aliphatic rings. The van der Waals surface area contributed by atoms with E-state index in [9.17, 15) is 4.79 Å². The molecule has 0 aromatic heterocycles. The predicted molar refractivity (Wildman–Crippen MR) is 134 cm³/mol. The lowest BCUT2D eigenvalue weighted by molar-refractivity contribution is 0.0977. The first-order chi connectivity index (χ1) is 16.5. The minimum Gasteiger partial charge on any atom is -0.398 e. The smallest absolute Gasteiger partial charge is 0.256 e. The van der Waals surface area contributed by atoms with Gasteiger partial charge in [0.25, 0.3) is 5.91 Å². The van der Waals surface area contributed by atoms with Crippen molar-refractivity contribution < 1.29 is 4.79 Å². The third-order valence-electron chi connectivity index (χ3n) is 6.42. The lowest BCUT2D eigenvalue weighted by Crippen LogP contribution is -2.40. The molecule has 8 heteroatoms. The Balaban J connectivity index is 1.34. The van der Waals surface area contributed by atoms with Crippen LogP contribution in [-0.2, 0) is 6.54 Å². The molecule has 2 unspecified atom stereocenters. The maximum absolute atomic E-state index is 12.6. The number of hydrazine groups is 2. The second-order valence-electron chi connectivity index (χ2n) is 8.86. The molecule has 6 N–H and O–H groups in total. The Morgan fingerprint density at radius 1 is 1.09 bits per heavy atom. The van der Waals surface area contributed by atoms with E-state index in [1.807, 2.05) is 18.2 Å². The Kier molecular flexibility index (Phi) is 6.34. The number of amides is 1. The number of hydrogen-bond donors (Lipinski definition) is 5. The Bertz CT molecular complexity index is 1200. The van der Waals surface area contributed by atoms with Crippen LogP contribution in [0.5, 0.6) is 0 Å². The molecule has 0 radical (unpaired) electrons. The number of nitrogen functional groups attached to an aromatic ring is 1. The molecular formula is C26H27ClN6O. The molecule has 1 aliphatic carbocycles. The first-order valence-corrected chi connectivity index (χ1v) is 11.7. The third-order valence-corrected chi connectivity index (χ3v) is 6.67. The zero-order valence-corrected chi connectivity index (χ0v) is 19.3. The van der Waals surface area contributed by atoms with Crippen LogP contribution in [0.2, 0.25) is 5.02 Å². The fraction of sp³-hybridized carbons (Fsp3) is 0.231. The maximum atomic E-state index is 12.6. The summed E-state index contributed by atoms with van der Waals surface area (Å²) in [5, 5.41) is 14.0. The van der Waals surface area contributed by atoms with Gasteiger partial charge < -0.3 is 11.1 Å². The topological polar surface area (TPSA) is 106 Å². The molecule has 5 rings (SSSR count). The molecule has 1 saturated carbocycles. The largest absolute Gasteiger partial charge is 0.398 e. The molecule has 1 amide bonds. The van der Waals surface area contributed by atoms with Crippen LogP contribution in [0.15, 0.2) is 72.8 Å². The van der Waals surface area contributed by atoms with Crippen molar-refractivity contribution in [3.05, 3.63) is 100 Å². The average molecular weight is 475 g/mol. The molecular weight excluding hydrogens is 448 g/mol. The Hall–Kier alpha value is -3.23. The summed E-state index contributed by atoms with van der Waals surface area (Å²) < 4.78 is 0. The number of nitrogens with one attached hydrogen (secondary N) is 4. The fourth-order valence-electron chi connectivity index (χ4n) is 4.50. The van der Waals surface area contributed by atoms with Crippen molar-refractivity contribution in [1.29, 1.82) is 5.41 Å². The number of carbonyl (C=O) groups excluding carboxylic acids is 1. The summed E-state index contributed by atoms with van der Waals surface area (Å²) in [6.07, 6.45) is 2.40. The highest BCUT2D eigenvalue weighted by molar-refractivity contribution is 6.30. The molecule has 174 valence electrons. The number of carbonyl (C=O) groups is 1. The molecule has 2 fully saturated rings. The van der Waals surface area contributed by atoms with Gasteiger partial charge in [-0.15, -0.1) is 0 Å². The number of nitrogens with two attached hydrogens (primary N) is 1. The summed E-state index contributed by atoms with van der Waals surface area (Å²) in [5.74, 6) is 0.188. The van der Waals surface area contributed by atoms with Crippen molar-refractivity contribution in [2.75, 3.05) is 5.73 Å². The molecule has 0 bridgehead atoms. The number of amidine groups is 1. The van der Waals surface area contributed by atoms with Gasteiger partial charge in [0.15, 0.2) is 0 Å². The Morgan fingerprint density at radius 2 is 1.82 bits per heavy atom. The van der Waals surface area contributed by atoms with Crippen LogP contribution in [0.1, 0.15) is 45.9 Å². The zero-order valence-electron chi connectivity index (χ0n) is 18.6. The van der Waals surface area contributed by atoms with Gasteiger partial charge in [-0.2, -0.15) is 5.53 Å². The molecule has 1 aliphatic heterocycles. The van der Waals surface area contributed by atoms with Crippen LogP contribution in [-0.4, -0.2) is 22.8 Å². The van der Waals surface area contributed by atoms with E-state index in [-0.39, 0.29) is 23.8 Å². The van der Waals surface area contributed by atoms with E-state index in [0.29, 0.717) is 27.8 Å². The van der Waals surface area contributed by atoms with Gasteiger partial charge in [-0.05, 0) is 66.3 Å². The lowest BCUT2D eigenvalue weighted by atomic mass is 9.94. The number of anilines is 1. The van der Waals surface area contributed by atoms with Gasteiger partial charge in [0, 0.05) is 34.4 Å². The van der Waals surface area contributed by atoms with Crippen molar-refractivity contribution in [1.82, 2.24) is 21.3 Å². The molecule has 2 atom stereocenters. The van der Waals surface area contributed by atoms with E-state index in [4.69, 9.17) is 22.7 Å². The van der Waals surface area contributed by atoms with Gasteiger partial charge in [0.2, 0.25) is 0 Å². The number of nitrogens with zero attached hydrogens (tertiary/aromatic N) is 1. The van der Waals surface area contributed by atoms with Gasteiger partial charge in [0.1, 0.15) is 5.84 Å². The summed E-state index contributed by atoms with van der Waals surface area (Å²) in [6.45, 7) is 0.792. The molecule has 0 spiro atoms. The van der Waals surface area contributed by atoms with Gasteiger partial charge >= 0.3 is 0 Å². The van der Waals surface area contributed by atoms with Crippen LogP contribution in [0.4, 0.5) is 5.69 Å². The van der Waals surface area contributed by atoms with Gasteiger partial charge in [-0.1, -0.05) is 48.0 Å². The molecule has 34 heavy (non-hydrogen) atoms. The quantitative estimate of drug-likeness (QED) is 0.211. The first kappa shape index (κ1) is 22.6. The van der Waals surface area contributed by atoms with E-state index < -0.39 is 0 Å². The summed E-state index contributed by atoms with van der Waals surface area (Å²) in [4.78, 5) is 12.6. The van der Waals surface area contributed by atoms with Gasteiger partial charge in [-0.3, -0.25) is 10.2 Å². The number of halogens is 1. The second kappa shape index (κ2) is 9.56. The maximum Gasteiger partial charge on any atom is 0.256 e. The van der Waals surface area contributed by atoms with Crippen molar-refractivity contribution >= 4 is 29.0 Å². The summed E-state index contributed by atoms with van der Waals surface area (Å²) in [5.41, 5.74) is 16.6. The highest BCUT2D eigenvalue weighted by atomic mass is 35.5. The molecule has 3 aromatic carbocycles. The van der Waals surface area contributed by atoms with Crippen molar-refractivity contribution in [2.45, 2.75) is 31.5 Å². The number of benzene rings is 3. The van der Waals surface area contributed by atoms with Crippen LogP contribution in [0.3, 0.4) is 0 Å². The van der Waals surface area contributed by atoms with Crippen LogP contribution in [0.25, 0.3) is 0 Å². The zero-order chi connectivity index (χ0) is 23.7. The van der Waals surface area contributed by atoms with Crippen molar-refractivity contribution in [3.63, 3.8) is 0 Å². The average Bonchev–Trinajstić information content (AvgIpc) is 3.60. The first-order valence-electron chi connectivity index (χ1n) is 11.4. The van der Waals surface area contributed by atoms with Crippen molar-refractivity contribution in [2.24, 2.45) is 5.92 Å². The molecule has 3 aromatic rings. The minimum atomic E-state index is -0.378. The SMILES string of the molecule is N=C(NC(=O)c1ccc(Cl)cc1)c1cc(C2NNN(Cc3ccccc3)C2C2CC2)ccc1N. The van der Waals surface area contributed by atoms with E-state index in [1.165, 1.54) is 18.4 Å². The third kappa shape index (κ3) is 4.83. The van der Waals surface area contributed by atoms with E-state index in [2.05, 4.69) is 45.6 Å². The predicted octanol–water partition coefficient (Wildman–Crippen LogP) is 4.02. The van der Waals surface area contributed by atoms with Gasteiger partial charge in [0.05, 0.1) is 6.04 Å². The molecule has 1 saturated heterocycles. The van der Waals surface area contributed by atoms with Crippen LogP contribution < -0.4 is 22.0 Å². The normalized spacial score (nSPS) is 20.3. The molecule has 7 nitrogen and oxygen atoms in total. The summed E-state index contributed by atoms with van der Waals surface area (Å²) in [7, 11) is 0. The minimum absolute atomic E-state index is 0.0330. The standard InChI is InChI=1S/C26H27ClN6O/c27-20-11-8-18(9-12-20)26(34)30-25(29)21-14-19(10-13-22(21)28)23-24(17-6-7-17)33(32-31-23)15-16-4-2-1-3-5-16/h1-5,8-14,17,23-24,31-32H,6-7,15,28H2,(H2,29,30,34). The Morgan fingerprint density at radius 3 is 2.53 bits per heavy atom. The number of rotatable bonds is 6. The summed E-state index contributed by atoms with van der Waals surface area (Å²) >= 11 is 5.91. The monoisotopic (exact) mass is 474 g/mol. The highest BCUT2D eigenvalue weighted by Crippen LogP contribution is 2.43. The summed E-state index contributed by atoms with van der Waals surface area (Å²) in [6, 6.07) is 22.9.